The van der Waals surface area contributed by atoms with Crippen LogP contribution >= 0.6 is 23.2 Å². The number of likely N-dealkylation sites (tertiary alicyclic amines) is 1. The first-order valence-corrected chi connectivity index (χ1v) is 9.61. The molecule has 1 amide bonds. The second kappa shape index (κ2) is 7.81. The molecule has 0 saturated carbocycles. The van der Waals surface area contributed by atoms with Gasteiger partial charge in [-0.25, -0.2) is 9.97 Å². The zero-order valence-electron chi connectivity index (χ0n) is 15.2. The highest BCUT2D eigenvalue weighted by molar-refractivity contribution is 6.31. The standard InChI is InChI=1S/C20H18Cl2N4O2/c1-28-18-9-14(22)4-5-16(18)19(27)26-7-6-15(11-26)24-20-23-10-12-2-3-13(21)8-17(12)25-20/h2-5,8-10,15H,6-7,11H2,1H3,(H,23,24,25). The molecule has 0 aliphatic carbocycles. The summed E-state index contributed by atoms with van der Waals surface area (Å²) in [5, 5.41) is 5.40. The Morgan fingerprint density at radius 1 is 1.21 bits per heavy atom. The number of amides is 1. The summed E-state index contributed by atoms with van der Waals surface area (Å²) in [4.78, 5) is 23.6. The van der Waals surface area contributed by atoms with Crippen LogP contribution in [0.5, 0.6) is 5.75 Å². The maximum atomic E-state index is 12.9. The molecular formula is C20H18Cl2N4O2. The van der Waals surface area contributed by atoms with Crippen LogP contribution in [0.15, 0.2) is 42.6 Å². The summed E-state index contributed by atoms with van der Waals surface area (Å²) in [6.07, 6.45) is 2.57. The number of carbonyl (C=O) groups is 1. The molecule has 1 fully saturated rings. The highest BCUT2D eigenvalue weighted by Crippen LogP contribution is 2.26. The van der Waals surface area contributed by atoms with E-state index in [0.29, 0.717) is 40.4 Å². The molecule has 1 aromatic heterocycles. The first-order chi connectivity index (χ1) is 13.5. The van der Waals surface area contributed by atoms with Gasteiger partial charge in [-0.1, -0.05) is 23.2 Å². The van der Waals surface area contributed by atoms with Crippen molar-refractivity contribution in [3.8, 4) is 5.75 Å². The average Bonchev–Trinajstić information content (AvgIpc) is 3.15. The molecule has 0 radical (unpaired) electrons. The lowest BCUT2D eigenvalue weighted by atomic mass is 10.1. The van der Waals surface area contributed by atoms with Crippen LogP contribution in [0.1, 0.15) is 16.8 Å². The van der Waals surface area contributed by atoms with Gasteiger partial charge in [-0.15, -0.1) is 0 Å². The number of halogens is 2. The summed E-state index contributed by atoms with van der Waals surface area (Å²) in [7, 11) is 1.53. The van der Waals surface area contributed by atoms with Crippen molar-refractivity contribution in [2.24, 2.45) is 0 Å². The lowest BCUT2D eigenvalue weighted by molar-refractivity contribution is 0.0788. The van der Waals surface area contributed by atoms with Crippen LogP contribution in [0.25, 0.3) is 10.9 Å². The molecule has 1 unspecified atom stereocenters. The topological polar surface area (TPSA) is 67.3 Å². The number of hydrogen-bond donors (Lipinski definition) is 1. The smallest absolute Gasteiger partial charge is 0.257 e. The molecule has 4 rings (SSSR count). The summed E-state index contributed by atoms with van der Waals surface area (Å²) < 4.78 is 5.30. The highest BCUT2D eigenvalue weighted by Gasteiger charge is 2.29. The first-order valence-electron chi connectivity index (χ1n) is 8.85. The van der Waals surface area contributed by atoms with E-state index >= 15 is 0 Å². The van der Waals surface area contributed by atoms with Crippen molar-refractivity contribution in [3.63, 3.8) is 0 Å². The van der Waals surface area contributed by atoms with Crippen LogP contribution in [0.2, 0.25) is 10.0 Å². The molecule has 2 aromatic carbocycles. The Kier molecular flexibility index (Phi) is 5.24. The van der Waals surface area contributed by atoms with Crippen molar-refractivity contribution in [2.75, 3.05) is 25.5 Å². The zero-order valence-corrected chi connectivity index (χ0v) is 16.7. The van der Waals surface area contributed by atoms with Gasteiger partial charge in [0.25, 0.3) is 5.91 Å². The number of benzene rings is 2. The Labute approximate surface area is 172 Å². The third-order valence-electron chi connectivity index (χ3n) is 4.75. The second-order valence-corrected chi connectivity index (χ2v) is 7.50. The van der Waals surface area contributed by atoms with Crippen LogP contribution < -0.4 is 10.1 Å². The van der Waals surface area contributed by atoms with Crippen LogP contribution in [-0.4, -0.2) is 47.0 Å². The number of anilines is 1. The Hall–Kier alpha value is -2.57. The Bertz CT molecular complexity index is 1040. The Morgan fingerprint density at radius 2 is 2.00 bits per heavy atom. The summed E-state index contributed by atoms with van der Waals surface area (Å²) in [6.45, 7) is 1.20. The number of methoxy groups -OCH3 is 1. The van der Waals surface area contributed by atoms with Gasteiger partial charge < -0.3 is 15.0 Å². The number of aromatic nitrogens is 2. The highest BCUT2D eigenvalue weighted by atomic mass is 35.5. The predicted octanol–water partition coefficient (Wildman–Crippen LogP) is 4.27. The van der Waals surface area contributed by atoms with Gasteiger partial charge in [0.1, 0.15) is 5.75 Å². The lowest BCUT2D eigenvalue weighted by Gasteiger charge is -2.18. The SMILES string of the molecule is COc1cc(Cl)ccc1C(=O)N1CCC(Nc2ncc3ccc(Cl)cc3n2)C1. The number of carbonyl (C=O) groups excluding carboxylic acids is 1. The van der Waals surface area contributed by atoms with Crippen LogP contribution in [0, 0.1) is 0 Å². The van der Waals surface area contributed by atoms with E-state index in [2.05, 4.69) is 15.3 Å². The summed E-state index contributed by atoms with van der Waals surface area (Å²) in [5.74, 6) is 0.922. The fourth-order valence-electron chi connectivity index (χ4n) is 3.32. The van der Waals surface area contributed by atoms with Gasteiger partial charge in [-0.2, -0.15) is 0 Å². The molecule has 1 saturated heterocycles. The van der Waals surface area contributed by atoms with Crippen LogP contribution in [0.3, 0.4) is 0 Å². The monoisotopic (exact) mass is 416 g/mol. The minimum absolute atomic E-state index is 0.0684. The lowest BCUT2D eigenvalue weighted by Crippen LogP contribution is -2.32. The van der Waals surface area contributed by atoms with Crippen molar-refractivity contribution >= 4 is 46.0 Å². The number of rotatable bonds is 4. The fraction of sp³-hybridized carbons (Fsp3) is 0.250. The van der Waals surface area contributed by atoms with E-state index in [-0.39, 0.29) is 11.9 Å². The van der Waals surface area contributed by atoms with Crippen molar-refractivity contribution in [1.29, 1.82) is 0 Å². The molecule has 0 spiro atoms. The van der Waals surface area contributed by atoms with Crippen molar-refractivity contribution in [2.45, 2.75) is 12.5 Å². The van der Waals surface area contributed by atoms with Crippen LogP contribution in [-0.2, 0) is 0 Å². The Balaban J connectivity index is 1.46. The maximum Gasteiger partial charge on any atom is 0.257 e. The number of hydrogen-bond acceptors (Lipinski definition) is 5. The normalized spacial score (nSPS) is 16.4. The second-order valence-electron chi connectivity index (χ2n) is 6.62. The third kappa shape index (κ3) is 3.84. The molecular weight excluding hydrogens is 399 g/mol. The fourth-order valence-corrected chi connectivity index (χ4v) is 3.65. The predicted molar refractivity (Wildman–Crippen MR) is 110 cm³/mol. The average molecular weight is 417 g/mol. The molecule has 144 valence electrons. The van der Waals surface area contributed by atoms with Crippen LogP contribution in [0.4, 0.5) is 5.95 Å². The van der Waals surface area contributed by atoms with E-state index in [9.17, 15) is 4.79 Å². The van der Waals surface area contributed by atoms with Crippen molar-refractivity contribution in [1.82, 2.24) is 14.9 Å². The van der Waals surface area contributed by atoms with Gasteiger partial charge in [0, 0.05) is 40.8 Å². The van der Waals surface area contributed by atoms with E-state index < -0.39 is 0 Å². The molecule has 1 aliphatic rings. The number of fused-ring (bicyclic) bond motifs is 1. The first kappa shape index (κ1) is 18.8. The molecule has 1 aliphatic heterocycles. The molecule has 8 heteroatoms. The summed E-state index contributed by atoms with van der Waals surface area (Å²) in [5.41, 5.74) is 1.28. The van der Waals surface area contributed by atoms with E-state index in [1.54, 1.807) is 35.4 Å². The van der Waals surface area contributed by atoms with E-state index in [1.165, 1.54) is 7.11 Å². The van der Waals surface area contributed by atoms with Gasteiger partial charge >= 0.3 is 0 Å². The number of ether oxygens (including phenoxy) is 1. The summed E-state index contributed by atoms with van der Waals surface area (Å²) >= 11 is 12.0. The van der Waals surface area contributed by atoms with Crippen molar-refractivity contribution in [3.05, 3.63) is 58.2 Å². The third-order valence-corrected chi connectivity index (χ3v) is 5.22. The van der Waals surface area contributed by atoms with Crippen molar-refractivity contribution < 1.29 is 9.53 Å². The molecule has 2 heterocycles. The Morgan fingerprint density at radius 3 is 2.82 bits per heavy atom. The zero-order chi connectivity index (χ0) is 19.7. The summed E-state index contributed by atoms with van der Waals surface area (Å²) in [6, 6.07) is 10.6. The van der Waals surface area contributed by atoms with Gasteiger partial charge in [0.15, 0.2) is 0 Å². The molecule has 3 aromatic rings. The minimum atomic E-state index is -0.0796. The largest absolute Gasteiger partial charge is 0.496 e. The molecule has 1 atom stereocenters. The number of nitrogens with zero attached hydrogens (tertiary/aromatic N) is 3. The quantitative estimate of drug-likeness (QED) is 0.687. The van der Waals surface area contributed by atoms with Gasteiger partial charge in [0.05, 0.1) is 18.2 Å². The maximum absolute atomic E-state index is 12.9. The molecule has 28 heavy (non-hydrogen) atoms. The minimum Gasteiger partial charge on any atom is -0.496 e. The number of nitrogens with one attached hydrogen (secondary N) is 1. The molecule has 1 N–H and O–H groups in total. The van der Waals surface area contributed by atoms with Gasteiger partial charge in [-0.05, 0) is 42.8 Å². The molecule has 0 bridgehead atoms. The molecule has 6 nitrogen and oxygen atoms in total. The van der Waals surface area contributed by atoms with E-state index in [1.807, 2.05) is 12.1 Å². The van der Waals surface area contributed by atoms with Gasteiger partial charge in [0.2, 0.25) is 5.95 Å². The van der Waals surface area contributed by atoms with E-state index in [0.717, 1.165) is 17.3 Å². The van der Waals surface area contributed by atoms with E-state index in [4.69, 9.17) is 27.9 Å². The van der Waals surface area contributed by atoms with Gasteiger partial charge in [-0.3, -0.25) is 4.79 Å².